The second-order valence-corrected chi connectivity index (χ2v) is 5.48. The minimum atomic E-state index is -0.248. The highest BCUT2D eigenvalue weighted by Gasteiger charge is 2.25. The van der Waals surface area contributed by atoms with Crippen LogP contribution in [0, 0.1) is 0 Å². The Kier molecular flexibility index (Phi) is 4.60. The van der Waals surface area contributed by atoms with Crippen molar-refractivity contribution in [3.05, 3.63) is 42.2 Å². The summed E-state index contributed by atoms with van der Waals surface area (Å²) in [5, 5.41) is 13.7. The van der Waals surface area contributed by atoms with Gasteiger partial charge in [-0.2, -0.15) is 0 Å². The Morgan fingerprint density at radius 1 is 1.30 bits per heavy atom. The van der Waals surface area contributed by atoms with E-state index in [1.54, 1.807) is 4.90 Å². The van der Waals surface area contributed by atoms with Gasteiger partial charge in [-0.05, 0) is 22.4 Å². The summed E-state index contributed by atoms with van der Waals surface area (Å²) in [6.07, 6.45) is 2.85. The molecule has 1 aromatic carbocycles. The number of nitrogens with zero attached hydrogens (tertiary/aromatic N) is 5. The number of likely N-dealkylation sites (tertiary alicyclic amines) is 1. The molecule has 0 aliphatic carbocycles. The molecule has 1 fully saturated rings. The lowest BCUT2D eigenvalue weighted by atomic mass is 10.1. The van der Waals surface area contributed by atoms with E-state index in [0.717, 1.165) is 18.5 Å². The van der Waals surface area contributed by atoms with Gasteiger partial charge in [-0.1, -0.05) is 30.3 Å². The van der Waals surface area contributed by atoms with Crippen LogP contribution in [-0.4, -0.2) is 50.0 Å². The van der Waals surface area contributed by atoms with Crippen LogP contribution in [-0.2, 0) is 16.1 Å². The summed E-state index contributed by atoms with van der Waals surface area (Å²) < 4.78 is 1.36. The van der Waals surface area contributed by atoms with E-state index < -0.39 is 0 Å². The first kappa shape index (κ1) is 15.1. The monoisotopic (exact) mass is 314 g/mol. The number of tetrazole rings is 1. The number of benzene rings is 1. The Morgan fingerprint density at radius 3 is 2.78 bits per heavy atom. The predicted octanol–water partition coefficient (Wildman–Crippen LogP) is 0.153. The third-order valence-corrected chi connectivity index (χ3v) is 3.81. The van der Waals surface area contributed by atoms with E-state index in [2.05, 4.69) is 20.8 Å². The Bertz CT molecular complexity index is 658. The van der Waals surface area contributed by atoms with Crippen molar-refractivity contribution in [2.45, 2.75) is 25.4 Å². The topological polar surface area (TPSA) is 93.0 Å². The molecule has 2 aromatic rings. The average Bonchev–Trinajstić information content (AvgIpc) is 3.20. The lowest BCUT2D eigenvalue weighted by molar-refractivity contribution is -0.129. The SMILES string of the molecule is O=C(Cn1cnnn1)N[C@H](CN1CCCC1=O)c1ccccc1. The van der Waals surface area contributed by atoms with E-state index >= 15 is 0 Å². The van der Waals surface area contributed by atoms with Gasteiger partial charge in [-0.3, -0.25) is 9.59 Å². The van der Waals surface area contributed by atoms with Crippen LogP contribution in [0.5, 0.6) is 0 Å². The Morgan fingerprint density at radius 2 is 2.13 bits per heavy atom. The molecular weight excluding hydrogens is 296 g/mol. The summed E-state index contributed by atoms with van der Waals surface area (Å²) >= 11 is 0. The Hall–Kier alpha value is -2.77. The maximum absolute atomic E-state index is 12.2. The van der Waals surface area contributed by atoms with Crippen molar-refractivity contribution in [1.82, 2.24) is 30.4 Å². The molecule has 1 aliphatic heterocycles. The molecule has 120 valence electrons. The minimum Gasteiger partial charge on any atom is -0.346 e. The fourth-order valence-electron chi connectivity index (χ4n) is 2.68. The molecule has 0 spiro atoms. The molecule has 1 atom stereocenters. The van der Waals surface area contributed by atoms with E-state index in [1.165, 1.54) is 11.0 Å². The zero-order valence-corrected chi connectivity index (χ0v) is 12.6. The van der Waals surface area contributed by atoms with Crippen LogP contribution in [0.4, 0.5) is 0 Å². The van der Waals surface area contributed by atoms with Gasteiger partial charge in [-0.15, -0.1) is 5.10 Å². The third-order valence-electron chi connectivity index (χ3n) is 3.81. The highest BCUT2D eigenvalue weighted by Crippen LogP contribution is 2.18. The van der Waals surface area contributed by atoms with Crippen molar-refractivity contribution < 1.29 is 9.59 Å². The number of hydrogen-bond acceptors (Lipinski definition) is 5. The summed E-state index contributed by atoms with van der Waals surface area (Å²) in [6, 6.07) is 9.40. The smallest absolute Gasteiger partial charge is 0.242 e. The van der Waals surface area contributed by atoms with Gasteiger partial charge in [0.1, 0.15) is 12.9 Å². The molecule has 0 saturated carbocycles. The molecule has 2 heterocycles. The van der Waals surface area contributed by atoms with Crippen molar-refractivity contribution >= 4 is 11.8 Å². The standard InChI is InChI=1S/C15H18N6O2/c22-14(10-21-11-16-18-19-21)17-13(12-5-2-1-3-6-12)9-20-8-4-7-15(20)23/h1-3,5-6,11,13H,4,7-10H2,(H,17,22)/t13-/m1/s1. The summed E-state index contributed by atoms with van der Waals surface area (Å²) in [5.74, 6) is -0.0570. The first-order chi connectivity index (χ1) is 11.2. The number of hydrogen-bond donors (Lipinski definition) is 1. The van der Waals surface area contributed by atoms with Crippen LogP contribution in [0.1, 0.15) is 24.4 Å². The van der Waals surface area contributed by atoms with E-state index in [-0.39, 0.29) is 24.4 Å². The Labute approximate surface area is 133 Å². The van der Waals surface area contributed by atoms with Gasteiger partial charge in [0.25, 0.3) is 0 Å². The largest absolute Gasteiger partial charge is 0.346 e. The molecule has 1 aromatic heterocycles. The fraction of sp³-hybridized carbons (Fsp3) is 0.400. The quantitative estimate of drug-likeness (QED) is 0.819. The van der Waals surface area contributed by atoms with E-state index in [4.69, 9.17) is 0 Å². The van der Waals surface area contributed by atoms with Gasteiger partial charge in [0.2, 0.25) is 11.8 Å². The highest BCUT2D eigenvalue weighted by molar-refractivity contribution is 5.79. The number of carbonyl (C=O) groups is 2. The molecule has 8 heteroatoms. The molecule has 1 N–H and O–H groups in total. The van der Waals surface area contributed by atoms with Gasteiger partial charge in [0, 0.05) is 19.5 Å². The molecule has 0 bridgehead atoms. The molecule has 0 unspecified atom stereocenters. The molecule has 1 saturated heterocycles. The fourth-order valence-corrected chi connectivity index (χ4v) is 2.68. The number of amides is 2. The minimum absolute atomic E-state index is 0.0459. The number of rotatable bonds is 6. The highest BCUT2D eigenvalue weighted by atomic mass is 16.2. The predicted molar refractivity (Wildman–Crippen MR) is 81.0 cm³/mol. The van der Waals surface area contributed by atoms with Crippen LogP contribution in [0.3, 0.4) is 0 Å². The van der Waals surface area contributed by atoms with Crippen molar-refractivity contribution in [3.63, 3.8) is 0 Å². The second-order valence-electron chi connectivity index (χ2n) is 5.48. The maximum atomic E-state index is 12.2. The van der Waals surface area contributed by atoms with E-state index in [9.17, 15) is 9.59 Å². The van der Waals surface area contributed by atoms with Gasteiger partial charge in [0.05, 0.1) is 6.04 Å². The summed E-state index contributed by atoms with van der Waals surface area (Å²) in [6.45, 7) is 1.26. The first-order valence-electron chi connectivity index (χ1n) is 7.55. The van der Waals surface area contributed by atoms with Crippen LogP contribution in [0.15, 0.2) is 36.7 Å². The zero-order chi connectivity index (χ0) is 16.1. The summed E-state index contributed by atoms with van der Waals surface area (Å²) in [7, 11) is 0. The van der Waals surface area contributed by atoms with Crippen molar-refractivity contribution in [3.8, 4) is 0 Å². The van der Waals surface area contributed by atoms with Crippen molar-refractivity contribution in [2.24, 2.45) is 0 Å². The Balaban J connectivity index is 1.69. The first-order valence-corrected chi connectivity index (χ1v) is 7.55. The number of aromatic nitrogens is 4. The molecule has 1 aliphatic rings. The number of carbonyl (C=O) groups excluding carboxylic acids is 2. The molecule has 0 radical (unpaired) electrons. The van der Waals surface area contributed by atoms with E-state index in [1.807, 2.05) is 30.3 Å². The normalized spacial score (nSPS) is 15.7. The summed E-state index contributed by atoms with van der Waals surface area (Å²) in [4.78, 5) is 25.9. The van der Waals surface area contributed by atoms with Crippen molar-refractivity contribution in [1.29, 1.82) is 0 Å². The molecular formula is C15H18N6O2. The van der Waals surface area contributed by atoms with Gasteiger partial charge in [-0.25, -0.2) is 4.68 Å². The van der Waals surface area contributed by atoms with Crippen LogP contribution in [0.2, 0.25) is 0 Å². The van der Waals surface area contributed by atoms with Crippen LogP contribution < -0.4 is 5.32 Å². The van der Waals surface area contributed by atoms with Crippen LogP contribution >= 0.6 is 0 Å². The second kappa shape index (κ2) is 6.99. The molecule has 2 amide bonds. The molecule has 8 nitrogen and oxygen atoms in total. The molecule has 3 rings (SSSR count). The summed E-state index contributed by atoms with van der Waals surface area (Å²) in [5.41, 5.74) is 0.970. The maximum Gasteiger partial charge on any atom is 0.242 e. The number of nitrogens with one attached hydrogen (secondary N) is 1. The average molecular weight is 314 g/mol. The van der Waals surface area contributed by atoms with Crippen molar-refractivity contribution in [2.75, 3.05) is 13.1 Å². The van der Waals surface area contributed by atoms with Crippen LogP contribution in [0.25, 0.3) is 0 Å². The lowest BCUT2D eigenvalue weighted by Gasteiger charge is -2.25. The van der Waals surface area contributed by atoms with Gasteiger partial charge in [0.15, 0.2) is 0 Å². The van der Waals surface area contributed by atoms with Gasteiger partial charge >= 0.3 is 0 Å². The third kappa shape index (κ3) is 3.91. The lowest BCUT2D eigenvalue weighted by Crippen LogP contribution is -2.39. The van der Waals surface area contributed by atoms with Gasteiger partial charge < -0.3 is 10.2 Å². The van der Waals surface area contributed by atoms with E-state index in [0.29, 0.717) is 13.0 Å². The zero-order valence-electron chi connectivity index (χ0n) is 12.6. The molecule has 23 heavy (non-hydrogen) atoms.